The average Bonchev–Trinajstić information content (AvgIpc) is 2.46. The van der Waals surface area contributed by atoms with Gasteiger partial charge in [-0.2, -0.15) is 4.68 Å². The Kier molecular flexibility index (Phi) is 2.80. The van der Waals surface area contributed by atoms with Crippen LogP contribution < -0.4 is 0 Å². The third-order valence-corrected chi connectivity index (χ3v) is 1.84. The van der Waals surface area contributed by atoms with Gasteiger partial charge in [0.25, 0.3) is 0 Å². The normalized spacial score (nSPS) is 10.8. The van der Waals surface area contributed by atoms with Gasteiger partial charge in [0.15, 0.2) is 5.82 Å². The maximum atomic E-state index is 11.3. The molecular weight excluding hydrogens is 166 g/mol. The van der Waals surface area contributed by atoms with Gasteiger partial charge >= 0.3 is 0 Å². The van der Waals surface area contributed by atoms with E-state index < -0.39 is 0 Å². The molecule has 0 N–H and O–H groups in total. The predicted molar refractivity (Wildman–Crippen MR) is 49.8 cm³/mol. The van der Waals surface area contributed by atoms with Gasteiger partial charge < -0.3 is 0 Å². The molecule has 1 aromatic rings. The number of rotatable bonds is 2. The summed E-state index contributed by atoms with van der Waals surface area (Å²) in [6.07, 6.45) is 0.460. The SMILES string of the molecule is CCC(=O)n1nc(C(C)C)nc1C. The van der Waals surface area contributed by atoms with E-state index in [1.807, 2.05) is 20.8 Å². The molecule has 0 spiro atoms. The summed E-state index contributed by atoms with van der Waals surface area (Å²) in [6.45, 7) is 7.63. The summed E-state index contributed by atoms with van der Waals surface area (Å²) in [6, 6.07) is 0. The first kappa shape index (κ1) is 9.89. The zero-order valence-electron chi connectivity index (χ0n) is 8.53. The lowest BCUT2D eigenvalue weighted by Crippen LogP contribution is -2.12. The maximum Gasteiger partial charge on any atom is 0.248 e. The van der Waals surface area contributed by atoms with E-state index in [2.05, 4.69) is 10.1 Å². The molecule has 72 valence electrons. The minimum atomic E-state index is -0.00287. The van der Waals surface area contributed by atoms with Crippen LogP contribution in [0, 0.1) is 6.92 Å². The Morgan fingerprint density at radius 1 is 1.54 bits per heavy atom. The second kappa shape index (κ2) is 3.68. The molecule has 0 radical (unpaired) electrons. The zero-order chi connectivity index (χ0) is 10.0. The summed E-state index contributed by atoms with van der Waals surface area (Å²) >= 11 is 0. The summed E-state index contributed by atoms with van der Waals surface area (Å²) in [5.74, 6) is 1.68. The number of carbonyl (C=O) groups excluding carboxylic acids is 1. The Balaban J connectivity index is 3.03. The van der Waals surface area contributed by atoms with E-state index in [0.717, 1.165) is 5.82 Å². The molecule has 0 saturated heterocycles. The van der Waals surface area contributed by atoms with E-state index >= 15 is 0 Å². The molecule has 0 fully saturated rings. The van der Waals surface area contributed by atoms with Gasteiger partial charge in [0.05, 0.1) is 0 Å². The molecule has 0 unspecified atom stereocenters. The van der Waals surface area contributed by atoms with Gasteiger partial charge in [-0.05, 0) is 6.92 Å². The third-order valence-electron chi connectivity index (χ3n) is 1.84. The predicted octanol–water partition coefficient (Wildman–Crippen LogP) is 1.76. The van der Waals surface area contributed by atoms with Gasteiger partial charge in [0.1, 0.15) is 5.82 Å². The standard InChI is InChI=1S/C9H15N3O/c1-5-8(13)12-7(4)10-9(11-12)6(2)3/h6H,5H2,1-4H3. The molecular formula is C9H15N3O. The lowest BCUT2D eigenvalue weighted by atomic mass is 10.2. The number of hydrogen-bond acceptors (Lipinski definition) is 3. The van der Waals surface area contributed by atoms with Crippen molar-refractivity contribution in [3.05, 3.63) is 11.6 Å². The Morgan fingerprint density at radius 2 is 2.15 bits per heavy atom. The van der Waals surface area contributed by atoms with E-state index in [1.165, 1.54) is 4.68 Å². The first-order chi connectivity index (χ1) is 6.06. The summed E-state index contributed by atoms with van der Waals surface area (Å²) in [5.41, 5.74) is 0. The number of carbonyl (C=O) groups is 1. The van der Waals surface area contributed by atoms with Crippen molar-refractivity contribution < 1.29 is 4.79 Å². The summed E-state index contributed by atoms with van der Waals surface area (Å²) in [4.78, 5) is 15.5. The lowest BCUT2D eigenvalue weighted by Gasteiger charge is -1.97. The highest BCUT2D eigenvalue weighted by molar-refractivity contribution is 5.77. The van der Waals surface area contributed by atoms with Gasteiger partial charge in [-0.15, -0.1) is 5.10 Å². The van der Waals surface area contributed by atoms with E-state index in [-0.39, 0.29) is 11.8 Å². The van der Waals surface area contributed by atoms with Crippen molar-refractivity contribution >= 4 is 5.91 Å². The van der Waals surface area contributed by atoms with Crippen molar-refractivity contribution in [2.75, 3.05) is 0 Å². The summed E-state index contributed by atoms with van der Waals surface area (Å²) in [7, 11) is 0. The second-order valence-corrected chi connectivity index (χ2v) is 3.33. The fourth-order valence-corrected chi connectivity index (χ4v) is 1.04. The lowest BCUT2D eigenvalue weighted by molar-refractivity contribution is 0.0889. The van der Waals surface area contributed by atoms with E-state index in [1.54, 1.807) is 6.92 Å². The Labute approximate surface area is 78.0 Å². The maximum absolute atomic E-state index is 11.3. The van der Waals surface area contributed by atoms with Gasteiger partial charge in [0, 0.05) is 12.3 Å². The molecule has 13 heavy (non-hydrogen) atoms. The number of aromatic nitrogens is 3. The Morgan fingerprint density at radius 3 is 2.54 bits per heavy atom. The zero-order valence-corrected chi connectivity index (χ0v) is 8.53. The Hall–Kier alpha value is -1.19. The molecule has 0 aromatic carbocycles. The van der Waals surface area contributed by atoms with Gasteiger partial charge in [-0.1, -0.05) is 20.8 Å². The third kappa shape index (κ3) is 1.94. The molecule has 0 amide bonds. The molecule has 4 heteroatoms. The second-order valence-electron chi connectivity index (χ2n) is 3.33. The minimum Gasteiger partial charge on any atom is -0.273 e. The summed E-state index contributed by atoms with van der Waals surface area (Å²) in [5, 5.41) is 4.14. The van der Waals surface area contributed by atoms with E-state index in [0.29, 0.717) is 12.2 Å². The largest absolute Gasteiger partial charge is 0.273 e. The number of aryl methyl sites for hydroxylation is 1. The van der Waals surface area contributed by atoms with Crippen LogP contribution in [0.3, 0.4) is 0 Å². The highest BCUT2D eigenvalue weighted by Crippen LogP contribution is 2.09. The van der Waals surface area contributed by atoms with Crippen molar-refractivity contribution in [3.8, 4) is 0 Å². The van der Waals surface area contributed by atoms with Gasteiger partial charge in [-0.25, -0.2) is 4.98 Å². The quantitative estimate of drug-likeness (QED) is 0.698. The highest BCUT2D eigenvalue weighted by atomic mass is 16.2. The topological polar surface area (TPSA) is 47.8 Å². The fourth-order valence-electron chi connectivity index (χ4n) is 1.04. The monoisotopic (exact) mass is 181 g/mol. The van der Waals surface area contributed by atoms with Crippen molar-refractivity contribution in [3.63, 3.8) is 0 Å². The van der Waals surface area contributed by atoms with Crippen LogP contribution in [0.25, 0.3) is 0 Å². The van der Waals surface area contributed by atoms with Crippen LogP contribution in [-0.2, 0) is 0 Å². The van der Waals surface area contributed by atoms with Crippen LogP contribution in [0.5, 0.6) is 0 Å². The van der Waals surface area contributed by atoms with Crippen LogP contribution in [0.1, 0.15) is 49.6 Å². The summed E-state index contributed by atoms with van der Waals surface area (Å²) < 4.78 is 1.38. The molecule has 0 bridgehead atoms. The van der Waals surface area contributed by atoms with Gasteiger partial charge in [-0.3, -0.25) is 4.79 Å². The molecule has 0 saturated carbocycles. The number of hydrogen-bond donors (Lipinski definition) is 0. The highest BCUT2D eigenvalue weighted by Gasteiger charge is 2.12. The van der Waals surface area contributed by atoms with E-state index in [4.69, 9.17) is 0 Å². The first-order valence-corrected chi connectivity index (χ1v) is 4.53. The van der Waals surface area contributed by atoms with Crippen LogP contribution in [0.4, 0.5) is 0 Å². The first-order valence-electron chi connectivity index (χ1n) is 4.53. The molecule has 1 heterocycles. The molecule has 0 aliphatic carbocycles. The Bertz CT molecular complexity index is 315. The van der Waals surface area contributed by atoms with Crippen LogP contribution in [-0.4, -0.2) is 20.7 Å². The smallest absolute Gasteiger partial charge is 0.248 e. The molecule has 0 atom stereocenters. The molecule has 1 rings (SSSR count). The number of nitrogens with zero attached hydrogens (tertiary/aromatic N) is 3. The fraction of sp³-hybridized carbons (Fsp3) is 0.667. The van der Waals surface area contributed by atoms with Crippen LogP contribution in [0.2, 0.25) is 0 Å². The molecule has 0 aliphatic heterocycles. The van der Waals surface area contributed by atoms with E-state index in [9.17, 15) is 4.79 Å². The molecule has 4 nitrogen and oxygen atoms in total. The van der Waals surface area contributed by atoms with Crippen molar-refractivity contribution in [2.45, 2.75) is 40.0 Å². The molecule has 0 aliphatic rings. The van der Waals surface area contributed by atoms with Crippen molar-refractivity contribution in [1.29, 1.82) is 0 Å². The molecule has 1 aromatic heterocycles. The average molecular weight is 181 g/mol. The van der Waals surface area contributed by atoms with Crippen molar-refractivity contribution in [2.24, 2.45) is 0 Å². The van der Waals surface area contributed by atoms with Crippen LogP contribution >= 0.6 is 0 Å². The minimum absolute atomic E-state index is 0.00287. The van der Waals surface area contributed by atoms with Gasteiger partial charge in [0.2, 0.25) is 5.91 Å². The van der Waals surface area contributed by atoms with Crippen LogP contribution in [0.15, 0.2) is 0 Å². The van der Waals surface area contributed by atoms with Crippen molar-refractivity contribution in [1.82, 2.24) is 14.8 Å².